The molecule has 0 saturated carbocycles. The lowest BCUT2D eigenvalue weighted by molar-refractivity contribution is 0.440. The molecule has 0 spiro atoms. The van der Waals surface area contributed by atoms with Crippen molar-refractivity contribution in [1.29, 1.82) is 0 Å². The normalized spacial score (nSPS) is 10.8. The Labute approximate surface area is 107 Å². The highest BCUT2D eigenvalue weighted by atomic mass is 19.1. The topological polar surface area (TPSA) is 9.23 Å². The van der Waals surface area contributed by atoms with Crippen LogP contribution in [0.15, 0.2) is 54.8 Å². The smallest absolute Gasteiger partial charge is 0.166 e. The molecule has 0 N–H and O–H groups in total. The highest BCUT2D eigenvalue weighted by molar-refractivity contribution is 5.64. The van der Waals surface area contributed by atoms with Gasteiger partial charge >= 0.3 is 0 Å². The summed E-state index contributed by atoms with van der Waals surface area (Å²) in [4.78, 5) is 0. The van der Waals surface area contributed by atoms with E-state index in [4.69, 9.17) is 4.74 Å². The number of ether oxygens (including phenoxy) is 1. The third kappa shape index (κ3) is 2.77. The van der Waals surface area contributed by atoms with Gasteiger partial charge in [0, 0.05) is 0 Å². The molecule has 0 heterocycles. The second-order valence-corrected chi connectivity index (χ2v) is 4.10. The summed E-state index contributed by atoms with van der Waals surface area (Å²) < 4.78 is 18.9. The van der Waals surface area contributed by atoms with Crippen LogP contribution in [0.4, 0.5) is 4.39 Å². The van der Waals surface area contributed by atoms with Gasteiger partial charge in [-0.15, -0.1) is 0 Å². The third-order valence-corrected chi connectivity index (χ3v) is 2.65. The SMILES string of the molecule is C/C=C/Oc1ccc(-c2ccc(C)cc2)cc1F. The minimum atomic E-state index is -0.355. The summed E-state index contributed by atoms with van der Waals surface area (Å²) in [6, 6.07) is 13.0. The van der Waals surface area contributed by atoms with E-state index in [2.05, 4.69) is 0 Å². The first-order chi connectivity index (χ1) is 8.70. The van der Waals surface area contributed by atoms with Crippen molar-refractivity contribution in [3.05, 3.63) is 66.2 Å². The number of halogens is 1. The molecular formula is C16H15FO. The van der Waals surface area contributed by atoms with Crippen LogP contribution in [0.2, 0.25) is 0 Å². The molecule has 0 aliphatic heterocycles. The molecule has 0 saturated heterocycles. The lowest BCUT2D eigenvalue weighted by Gasteiger charge is -2.06. The number of allylic oxidation sites excluding steroid dienone is 1. The zero-order chi connectivity index (χ0) is 13.0. The second kappa shape index (κ2) is 5.50. The predicted octanol–water partition coefficient (Wildman–Crippen LogP) is 4.71. The van der Waals surface area contributed by atoms with Gasteiger partial charge in [-0.3, -0.25) is 0 Å². The molecule has 2 aromatic carbocycles. The van der Waals surface area contributed by atoms with Crippen LogP contribution in [0.1, 0.15) is 12.5 Å². The van der Waals surface area contributed by atoms with E-state index in [1.54, 1.807) is 12.1 Å². The molecule has 0 aliphatic carbocycles. The first-order valence-electron chi connectivity index (χ1n) is 5.85. The van der Waals surface area contributed by atoms with Crippen LogP contribution in [-0.2, 0) is 0 Å². The molecule has 0 atom stereocenters. The Balaban J connectivity index is 2.30. The molecule has 0 radical (unpaired) electrons. The summed E-state index contributed by atoms with van der Waals surface area (Å²) in [7, 11) is 0. The van der Waals surface area contributed by atoms with Gasteiger partial charge in [0.15, 0.2) is 11.6 Å². The van der Waals surface area contributed by atoms with Crippen molar-refractivity contribution in [3.63, 3.8) is 0 Å². The summed E-state index contributed by atoms with van der Waals surface area (Å²) in [6.45, 7) is 3.84. The Morgan fingerprint density at radius 1 is 1.00 bits per heavy atom. The number of rotatable bonds is 3. The highest BCUT2D eigenvalue weighted by Gasteiger charge is 2.05. The molecule has 0 amide bonds. The van der Waals surface area contributed by atoms with E-state index in [-0.39, 0.29) is 11.6 Å². The van der Waals surface area contributed by atoms with Crippen LogP contribution in [0.25, 0.3) is 11.1 Å². The number of hydrogen-bond acceptors (Lipinski definition) is 1. The number of aryl methyl sites for hydroxylation is 1. The summed E-state index contributed by atoms with van der Waals surface area (Å²) in [5.41, 5.74) is 3.03. The summed E-state index contributed by atoms with van der Waals surface area (Å²) >= 11 is 0. The first kappa shape index (κ1) is 12.4. The fraction of sp³-hybridized carbons (Fsp3) is 0.125. The maximum atomic E-state index is 13.8. The molecule has 0 aromatic heterocycles. The molecule has 0 fully saturated rings. The van der Waals surface area contributed by atoms with Gasteiger partial charge < -0.3 is 4.74 Å². The minimum Gasteiger partial charge on any atom is -0.462 e. The highest BCUT2D eigenvalue weighted by Crippen LogP contribution is 2.26. The molecule has 1 nitrogen and oxygen atoms in total. The molecule has 2 rings (SSSR count). The van der Waals surface area contributed by atoms with Crippen molar-refractivity contribution in [3.8, 4) is 16.9 Å². The van der Waals surface area contributed by atoms with E-state index < -0.39 is 0 Å². The van der Waals surface area contributed by atoms with E-state index in [1.807, 2.05) is 44.2 Å². The summed E-state index contributed by atoms with van der Waals surface area (Å²) in [5.74, 6) is -0.116. The van der Waals surface area contributed by atoms with Crippen LogP contribution < -0.4 is 4.74 Å². The lowest BCUT2D eigenvalue weighted by Crippen LogP contribution is -1.88. The van der Waals surface area contributed by atoms with Crippen LogP contribution in [0.3, 0.4) is 0 Å². The molecule has 0 unspecified atom stereocenters. The first-order valence-corrected chi connectivity index (χ1v) is 5.85. The van der Waals surface area contributed by atoms with E-state index in [0.717, 1.165) is 11.1 Å². The average Bonchev–Trinajstić information content (AvgIpc) is 2.38. The molecule has 18 heavy (non-hydrogen) atoms. The van der Waals surface area contributed by atoms with Crippen molar-refractivity contribution in [2.75, 3.05) is 0 Å². The Morgan fingerprint density at radius 3 is 2.28 bits per heavy atom. The van der Waals surface area contributed by atoms with Crippen molar-refractivity contribution in [2.24, 2.45) is 0 Å². The predicted molar refractivity (Wildman–Crippen MR) is 72.0 cm³/mol. The van der Waals surface area contributed by atoms with Gasteiger partial charge in [0.2, 0.25) is 0 Å². The average molecular weight is 242 g/mol. The van der Waals surface area contributed by atoms with Gasteiger partial charge in [-0.1, -0.05) is 42.0 Å². The van der Waals surface area contributed by atoms with Crippen molar-refractivity contribution >= 4 is 0 Å². The Morgan fingerprint density at radius 2 is 1.67 bits per heavy atom. The van der Waals surface area contributed by atoms with Crippen LogP contribution in [0, 0.1) is 12.7 Å². The zero-order valence-electron chi connectivity index (χ0n) is 10.5. The zero-order valence-corrected chi connectivity index (χ0v) is 10.5. The van der Waals surface area contributed by atoms with E-state index in [1.165, 1.54) is 17.9 Å². The monoisotopic (exact) mass is 242 g/mol. The van der Waals surface area contributed by atoms with Gasteiger partial charge in [0.1, 0.15) is 0 Å². The van der Waals surface area contributed by atoms with Gasteiger partial charge in [-0.25, -0.2) is 4.39 Å². The quantitative estimate of drug-likeness (QED) is 0.708. The molecule has 2 heteroatoms. The van der Waals surface area contributed by atoms with Gasteiger partial charge in [-0.05, 0) is 37.1 Å². The largest absolute Gasteiger partial charge is 0.462 e. The molecule has 0 aliphatic rings. The van der Waals surface area contributed by atoms with Crippen LogP contribution >= 0.6 is 0 Å². The molecule has 0 bridgehead atoms. The van der Waals surface area contributed by atoms with Crippen molar-refractivity contribution < 1.29 is 9.13 Å². The van der Waals surface area contributed by atoms with E-state index in [9.17, 15) is 4.39 Å². The van der Waals surface area contributed by atoms with E-state index >= 15 is 0 Å². The maximum Gasteiger partial charge on any atom is 0.166 e. The summed E-state index contributed by atoms with van der Waals surface area (Å²) in [5, 5.41) is 0. The maximum absolute atomic E-state index is 13.8. The lowest BCUT2D eigenvalue weighted by atomic mass is 10.0. The Bertz CT molecular complexity index is 556. The molecular weight excluding hydrogens is 227 g/mol. The fourth-order valence-electron chi connectivity index (χ4n) is 1.66. The Kier molecular flexibility index (Phi) is 3.78. The summed E-state index contributed by atoms with van der Waals surface area (Å²) in [6.07, 6.45) is 3.18. The number of benzene rings is 2. The van der Waals surface area contributed by atoms with Crippen LogP contribution in [-0.4, -0.2) is 0 Å². The standard InChI is InChI=1S/C16H15FO/c1-3-10-18-16-9-8-14(11-15(16)17)13-6-4-12(2)5-7-13/h3-11H,1-2H3/b10-3+. The van der Waals surface area contributed by atoms with Crippen molar-refractivity contribution in [2.45, 2.75) is 13.8 Å². The van der Waals surface area contributed by atoms with Gasteiger partial charge in [0.25, 0.3) is 0 Å². The molecule has 92 valence electrons. The fourth-order valence-corrected chi connectivity index (χ4v) is 1.66. The molecule has 2 aromatic rings. The minimum absolute atomic E-state index is 0.240. The van der Waals surface area contributed by atoms with Crippen LogP contribution in [0.5, 0.6) is 5.75 Å². The van der Waals surface area contributed by atoms with E-state index in [0.29, 0.717) is 0 Å². The third-order valence-electron chi connectivity index (χ3n) is 2.65. The second-order valence-electron chi connectivity index (χ2n) is 4.10. The van der Waals surface area contributed by atoms with Gasteiger partial charge in [0.05, 0.1) is 6.26 Å². The Hall–Kier alpha value is -2.09. The van der Waals surface area contributed by atoms with Crippen molar-refractivity contribution in [1.82, 2.24) is 0 Å². The van der Waals surface area contributed by atoms with Gasteiger partial charge in [-0.2, -0.15) is 0 Å². The number of hydrogen-bond donors (Lipinski definition) is 0.